The highest BCUT2D eigenvalue weighted by atomic mass is 19.1. The Morgan fingerprint density at radius 1 is 1.07 bits per heavy atom. The molecule has 0 atom stereocenters. The molecule has 0 saturated heterocycles. The lowest BCUT2D eigenvalue weighted by atomic mass is 10.1. The number of halogens is 1. The summed E-state index contributed by atoms with van der Waals surface area (Å²) in [4.78, 5) is 16.5. The number of amides is 1. The molecule has 0 unspecified atom stereocenters. The molecule has 134 valence electrons. The van der Waals surface area contributed by atoms with Gasteiger partial charge in [0.25, 0.3) is 5.91 Å². The third kappa shape index (κ3) is 3.59. The van der Waals surface area contributed by atoms with Gasteiger partial charge in [-0.15, -0.1) is 0 Å². The van der Waals surface area contributed by atoms with Crippen LogP contribution >= 0.6 is 0 Å². The first-order valence-electron chi connectivity index (χ1n) is 8.23. The van der Waals surface area contributed by atoms with E-state index in [2.05, 4.69) is 20.5 Å². The molecule has 0 aliphatic heterocycles. The summed E-state index contributed by atoms with van der Waals surface area (Å²) in [7, 11) is 0. The van der Waals surface area contributed by atoms with E-state index in [1.54, 1.807) is 47.5 Å². The van der Waals surface area contributed by atoms with Crippen molar-refractivity contribution in [2.24, 2.45) is 0 Å². The van der Waals surface area contributed by atoms with Crippen LogP contribution in [0.15, 0.2) is 73.4 Å². The molecule has 7 nitrogen and oxygen atoms in total. The Hall–Kier alpha value is -3.81. The summed E-state index contributed by atoms with van der Waals surface area (Å²) in [6.07, 6.45) is 4.61. The summed E-state index contributed by atoms with van der Waals surface area (Å²) in [6.45, 7) is 0.472. The fraction of sp³-hybridized carbons (Fsp3) is 0.0526. The van der Waals surface area contributed by atoms with Gasteiger partial charge in [0.15, 0.2) is 5.69 Å². The van der Waals surface area contributed by atoms with Gasteiger partial charge in [0.05, 0.1) is 6.54 Å². The van der Waals surface area contributed by atoms with Crippen molar-refractivity contribution in [3.8, 4) is 5.69 Å². The molecule has 1 N–H and O–H groups in total. The van der Waals surface area contributed by atoms with E-state index in [0.29, 0.717) is 12.2 Å². The molecule has 1 amide bonds. The Kier molecular flexibility index (Phi) is 4.44. The largest absolute Gasteiger partial charge is 0.320 e. The number of hydrogen-bond donors (Lipinski definition) is 1. The van der Waals surface area contributed by atoms with Crippen LogP contribution in [0.25, 0.3) is 5.69 Å². The highest BCUT2D eigenvalue weighted by Gasteiger charge is 2.14. The zero-order chi connectivity index (χ0) is 18.6. The topological polar surface area (TPSA) is 77.6 Å². The van der Waals surface area contributed by atoms with Gasteiger partial charge in [0, 0.05) is 11.9 Å². The standard InChI is InChI=1S/C19H15FN6O/c20-15-6-2-4-8-18(15)26-10-9-17(24-26)19(27)23-16-7-3-1-5-14(16)11-25-13-21-12-22-25/h1-10,12-13H,11H2,(H,23,27). The number of nitrogens with one attached hydrogen (secondary N) is 1. The fourth-order valence-corrected chi connectivity index (χ4v) is 2.67. The van der Waals surface area contributed by atoms with Gasteiger partial charge >= 0.3 is 0 Å². The summed E-state index contributed by atoms with van der Waals surface area (Å²) < 4.78 is 16.9. The molecular formula is C19H15FN6O. The molecule has 0 saturated carbocycles. The summed E-state index contributed by atoms with van der Waals surface area (Å²) >= 11 is 0. The van der Waals surface area contributed by atoms with Crippen LogP contribution in [-0.4, -0.2) is 30.5 Å². The summed E-state index contributed by atoms with van der Waals surface area (Å²) in [5.74, 6) is -0.790. The number of nitrogens with zero attached hydrogens (tertiary/aromatic N) is 5. The number of para-hydroxylation sites is 2. The SMILES string of the molecule is O=C(Nc1ccccc1Cn1cncn1)c1ccn(-c2ccccc2F)n1. The summed E-state index contributed by atoms with van der Waals surface area (Å²) in [5.41, 5.74) is 2.00. The molecule has 4 aromatic rings. The Bertz CT molecular complexity index is 1070. The minimum absolute atomic E-state index is 0.189. The normalized spacial score (nSPS) is 10.7. The van der Waals surface area contributed by atoms with Gasteiger partial charge in [0.1, 0.15) is 24.2 Å². The van der Waals surface area contributed by atoms with Crippen molar-refractivity contribution in [2.75, 3.05) is 5.32 Å². The second-order valence-corrected chi connectivity index (χ2v) is 5.80. The van der Waals surface area contributed by atoms with Crippen molar-refractivity contribution >= 4 is 11.6 Å². The van der Waals surface area contributed by atoms with Crippen LogP contribution in [0.4, 0.5) is 10.1 Å². The van der Waals surface area contributed by atoms with Crippen LogP contribution < -0.4 is 5.32 Å². The summed E-state index contributed by atoms with van der Waals surface area (Å²) in [6, 6.07) is 15.2. The first kappa shape index (κ1) is 16.6. The van der Waals surface area contributed by atoms with E-state index in [4.69, 9.17) is 0 Å². The minimum Gasteiger partial charge on any atom is -0.320 e. The highest BCUT2D eigenvalue weighted by molar-refractivity contribution is 6.03. The highest BCUT2D eigenvalue weighted by Crippen LogP contribution is 2.18. The van der Waals surface area contributed by atoms with E-state index in [0.717, 1.165) is 5.56 Å². The first-order valence-corrected chi connectivity index (χ1v) is 8.23. The minimum atomic E-state index is -0.411. The quantitative estimate of drug-likeness (QED) is 0.592. The van der Waals surface area contributed by atoms with Crippen LogP contribution in [0, 0.1) is 5.82 Å². The predicted octanol–water partition coefficient (Wildman–Crippen LogP) is 2.90. The average Bonchev–Trinajstić information content (AvgIpc) is 3.36. The molecule has 0 aliphatic carbocycles. The van der Waals surface area contributed by atoms with Crippen LogP contribution in [0.3, 0.4) is 0 Å². The maximum absolute atomic E-state index is 13.9. The van der Waals surface area contributed by atoms with E-state index in [9.17, 15) is 9.18 Å². The van der Waals surface area contributed by atoms with Crippen molar-refractivity contribution in [3.05, 3.63) is 90.5 Å². The molecule has 2 aromatic heterocycles. The first-order chi connectivity index (χ1) is 13.2. The maximum Gasteiger partial charge on any atom is 0.276 e. The van der Waals surface area contributed by atoms with E-state index in [-0.39, 0.29) is 17.3 Å². The van der Waals surface area contributed by atoms with E-state index in [1.165, 1.54) is 17.1 Å². The second kappa shape index (κ2) is 7.20. The van der Waals surface area contributed by atoms with E-state index < -0.39 is 5.82 Å². The fourth-order valence-electron chi connectivity index (χ4n) is 2.67. The predicted molar refractivity (Wildman–Crippen MR) is 97.0 cm³/mol. The van der Waals surface area contributed by atoms with E-state index in [1.807, 2.05) is 18.2 Å². The zero-order valence-corrected chi connectivity index (χ0v) is 14.2. The number of carbonyl (C=O) groups is 1. The number of carbonyl (C=O) groups excluding carboxylic acids is 1. The lowest BCUT2D eigenvalue weighted by Crippen LogP contribution is -2.15. The molecular weight excluding hydrogens is 347 g/mol. The Labute approximate surface area is 154 Å². The lowest BCUT2D eigenvalue weighted by molar-refractivity contribution is 0.102. The molecule has 4 rings (SSSR count). The molecule has 0 aliphatic rings. The van der Waals surface area contributed by atoms with Crippen molar-refractivity contribution in [3.63, 3.8) is 0 Å². The average molecular weight is 362 g/mol. The molecule has 0 fully saturated rings. The van der Waals surface area contributed by atoms with Gasteiger partial charge in [-0.2, -0.15) is 10.2 Å². The molecule has 2 heterocycles. The maximum atomic E-state index is 13.9. The van der Waals surface area contributed by atoms with Crippen LogP contribution in [0.5, 0.6) is 0 Å². The second-order valence-electron chi connectivity index (χ2n) is 5.80. The Balaban J connectivity index is 1.54. The van der Waals surface area contributed by atoms with Gasteiger partial charge in [-0.1, -0.05) is 30.3 Å². The number of aromatic nitrogens is 5. The van der Waals surface area contributed by atoms with Crippen molar-refractivity contribution in [2.45, 2.75) is 6.54 Å². The van der Waals surface area contributed by atoms with Crippen LogP contribution in [0.2, 0.25) is 0 Å². The number of anilines is 1. The Morgan fingerprint density at radius 2 is 1.89 bits per heavy atom. The lowest BCUT2D eigenvalue weighted by Gasteiger charge is -2.10. The van der Waals surface area contributed by atoms with Gasteiger partial charge in [0.2, 0.25) is 0 Å². The van der Waals surface area contributed by atoms with Gasteiger partial charge in [-0.25, -0.2) is 18.7 Å². The van der Waals surface area contributed by atoms with Crippen molar-refractivity contribution < 1.29 is 9.18 Å². The van der Waals surface area contributed by atoms with Gasteiger partial charge in [-0.3, -0.25) is 4.79 Å². The molecule has 27 heavy (non-hydrogen) atoms. The molecule has 8 heteroatoms. The monoisotopic (exact) mass is 362 g/mol. The Morgan fingerprint density at radius 3 is 2.70 bits per heavy atom. The molecule has 0 spiro atoms. The van der Waals surface area contributed by atoms with Crippen molar-refractivity contribution in [1.82, 2.24) is 24.5 Å². The third-order valence-corrected chi connectivity index (χ3v) is 3.99. The van der Waals surface area contributed by atoms with Crippen molar-refractivity contribution in [1.29, 1.82) is 0 Å². The number of rotatable bonds is 5. The number of hydrogen-bond acceptors (Lipinski definition) is 4. The molecule has 0 radical (unpaired) electrons. The van der Waals surface area contributed by atoms with Gasteiger partial charge < -0.3 is 5.32 Å². The summed E-state index contributed by atoms with van der Waals surface area (Å²) in [5, 5.41) is 11.1. The zero-order valence-electron chi connectivity index (χ0n) is 14.2. The smallest absolute Gasteiger partial charge is 0.276 e. The van der Waals surface area contributed by atoms with E-state index >= 15 is 0 Å². The van der Waals surface area contributed by atoms with Gasteiger partial charge in [-0.05, 0) is 29.8 Å². The van der Waals surface area contributed by atoms with Crippen LogP contribution in [0.1, 0.15) is 16.1 Å². The molecule has 0 bridgehead atoms. The number of benzene rings is 2. The third-order valence-electron chi connectivity index (χ3n) is 3.99. The van der Waals surface area contributed by atoms with Crippen LogP contribution in [-0.2, 0) is 6.54 Å². The molecule has 2 aromatic carbocycles.